The van der Waals surface area contributed by atoms with Crippen LogP contribution in [0.15, 0.2) is 18.2 Å². The Morgan fingerprint density at radius 3 is 2.58 bits per heavy atom. The van der Waals surface area contributed by atoms with Gasteiger partial charge < -0.3 is 15.0 Å². The Bertz CT molecular complexity index is 822. The highest BCUT2D eigenvalue weighted by atomic mass is 16.6. The summed E-state index contributed by atoms with van der Waals surface area (Å²) >= 11 is 0. The second-order valence-corrected chi connectivity index (χ2v) is 8.62. The summed E-state index contributed by atoms with van der Waals surface area (Å²) in [6.45, 7) is 10.1. The van der Waals surface area contributed by atoms with E-state index in [0.717, 1.165) is 19.5 Å². The lowest BCUT2D eigenvalue weighted by molar-refractivity contribution is -0.385. The molecule has 2 heterocycles. The fourth-order valence-corrected chi connectivity index (χ4v) is 4.46. The van der Waals surface area contributed by atoms with E-state index in [1.54, 1.807) is 11.8 Å². The molecule has 2 fully saturated rings. The van der Waals surface area contributed by atoms with E-state index in [9.17, 15) is 19.7 Å². The number of likely N-dealkylation sites (tertiary alicyclic amines) is 1. The fraction of sp³-hybridized carbons (Fsp3) is 0.636. The lowest BCUT2D eigenvalue weighted by atomic mass is 10.0. The number of rotatable bonds is 7. The molecular formula is C22H32N4O5. The van der Waals surface area contributed by atoms with Crippen LogP contribution >= 0.6 is 0 Å². The average molecular weight is 433 g/mol. The van der Waals surface area contributed by atoms with Crippen LogP contribution in [0.4, 0.5) is 5.69 Å². The number of nitro groups is 1. The number of carbonyl (C=O) groups excluding carboxylic acids is 2. The van der Waals surface area contributed by atoms with E-state index in [2.05, 4.69) is 24.1 Å². The summed E-state index contributed by atoms with van der Waals surface area (Å²) in [6.07, 6.45) is 1.38. The summed E-state index contributed by atoms with van der Waals surface area (Å²) in [6, 6.07) is 4.05. The van der Waals surface area contributed by atoms with E-state index in [-0.39, 0.29) is 23.5 Å². The zero-order chi connectivity index (χ0) is 22.5. The number of hydrogen-bond acceptors (Lipinski definition) is 6. The fourth-order valence-electron chi connectivity index (χ4n) is 4.46. The van der Waals surface area contributed by atoms with Crippen LogP contribution in [0.5, 0.6) is 0 Å². The molecule has 31 heavy (non-hydrogen) atoms. The van der Waals surface area contributed by atoms with Crippen molar-refractivity contribution < 1.29 is 19.2 Å². The normalized spacial score (nSPS) is 20.6. The van der Waals surface area contributed by atoms with Crippen LogP contribution in [-0.4, -0.2) is 78.0 Å². The van der Waals surface area contributed by atoms with Crippen LogP contribution < -0.4 is 5.32 Å². The van der Waals surface area contributed by atoms with Crippen molar-refractivity contribution in [3.05, 3.63) is 39.4 Å². The summed E-state index contributed by atoms with van der Waals surface area (Å²) in [7, 11) is 0. The van der Waals surface area contributed by atoms with Gasteiger partial charge in [-0.05, 0) is 37.8 Å². The molecule has 1 N–H and O–H groups in total. The van der Waals surface area contributed by atoms with Crippen molar-refractivity contribution in [2.75, 3.05) is 39.4 Å². The average Bonchev–Trinajstić information content (AvgIpc) is 3.23. The summed E-state index contributed by atoms with van der Waals surface area (Å²) in [5.41, 5.74) is 0.785. The van der Waals surface area contributed by atoms with Gasteiger partial charge in [-0.3, -0.25) is 24.6 Å². The van der Waals surface area contributed by atoms with Crippen LogP contribution in [0.2, 0.25) is 0 Å². The number of hydrogen-bond donors (Lipinski definition) is 1. The minimum absolute atomic E-state index is 0.0184. The first kappa shape index (κ1) is 23.1. The quantitative estimate of drug-likeness (QED) is 0.522. The molecule has 0 aliphatic carbocycles. The number of nitrogens with zero attached hydrogens (tertiary/aromatic N) is 3. The van der Waals surface area contributed by atoms with Gasteiger partial charge in [0.15, 0.2) is 0 Å². The van der Waals surface area contributed by atoms with Gasteiger partial charge in [0.2, 0.25) is 5.91 Å². The highest BCUT2D eigenvalue weighted by molar-refractivity contribution is 5.98. The maximum atomic E-state index is 13.0. The molecule has 3 rings (SSSR count). The van der Waals surface area contributed by atoms with Crippen LogP contribution in [-0.2, 0) is 9.53 Å². The molecule has 0 saturated carbocycles. The van der Waals surface area contributed by atoms with Crippen molar-refractivity contribution in [1.29, 1.82) is 0 Å². The van der Waals surface area contributed by atoms with Gasteiger partial charge in [0, 0.05) is 49.4 Å². The molecule has 2 amide bonds. The smallest absolute Gasteiger partial charge is 0.272 e. The Morgan fingerprint density at radius 2 is 1.97 bits per heavy atom. The number of nitrogens with one attached hydrogen (secondary N) is 1. The number of nitro benzene ring substituents is 1. The Balaban J connectivity index is 1.65. The lowest BCUT2D eigenvalue weighted by Gasteiger charge is -2.37. The lowest BCUT2D eigenvalue weighted by Crippen LogP contribution is -2.53. The van der Waals surface area contributed by atoms with Gasteiger partial charge in [0.1, 0.15) is 6.04 Å². The number of aryl methyl sites for hydroxylation is 1. The van der Waals surface area contributed by atoms with E-state index in [4.69, 9.17) is 4.74 Å². The molecule has 0 bridgehead atoms. The molecule has 1 aromatic carbocycles. The monoisotopic (exact) mass is 432 g/mol. The topological polar surface area (TPSA) is 105 Å². The van der Waals surface area contributed by atoms with E-state index in [1.807, 2.05) is 0 Å². The molecule has 1 aromatic rings. The van der Waals surface area contributed by atoms with Gasteiger partial charge in [0.05, 0.1) is 18.1 Å². The van der Waals surface area contributed by atoms with Gasteiger partial charge >= 0.3 is 0 Å². The van der Waals surface area contributed by atoms with Gasteiger partial charge in [-0.2, -0.15) is 0 Å². The van der Waals surface area contributed by atoms with Gasteiger partial charge in [-0.15, -0.1) is 0 Å². The van der Waals surface area contributed by atoms with Crippen molar-refractivity contribution in [3.8, 4) is 0 Å². The Hall–Kier alpha value is -2.52. The molecule has 2 saturated heterocycles. The number of ether oxygens (including phenoxy) is 1. The summed E-state index contributed by atoms with van der Waals surface area (Å²) in [5.74, 6) is -0.0181. The standard InChI is InChI=1S/C22H32N4O5/c1-15(2)20(24-9-11-31-12-10-24)14-23-21(27)19-5-4-8-25(19)22(28)17-6-7-18(26(29)30)16(3)13-17/h6-7,13,15,19-20H,4-5,8-12,14H2,1-3H3,(H,23,27). The second kappa shape index (κ2) is 10.2. The zero-order valence-electron chi connectivity index (χ0n) is 18.5. The van der Waals surface area contributed by atoms with Crippen LogP contribution in [0.1, 0.15) is 42.6 Å². The van der Waals surface area contributed by atoms with Crippen molar-refractivity contribution in [2.45, 2.75) is 45.7 Å². The third-order valence-corrected chi connectivity index (χ3v) is 6.23. The highest BCUT2D eigenvalue weighted by Gasteiger charge is 2.35. The molecule has 2 atom stereocenters. The third-order valence-electron chi connectivity index (χ3n) is 6.23. The maximum Gasteiger partial charge on any atom is 0.272 e. The summed E-state index contributed by atoms with van der Waals surface area (Å²) in [4.78, 5) is 40.5. The van der Waals surface area contributed by atoms with E-state index in [1.165, 1.54) is 18.2 Å². The van der Waals surface area contributed by atoms with Crippen LogP contribution in [0.3, 0.4) is 0 Å². The Morgan fingerprint density at radius 1 is 1.26 bits per heavy atom. The molecule has 9 heteroatoms. The van der Waals surface area contributed by atoms with Crippen molar-refractivity contribution in [1.82, 2.24) is 15.1 Å². The van der Waals surface area contributed by atoms with E-state index >= 15 is 0 Å². The first-order valence-corrected chi connectivity index (χ1v) is 10.9. The molecule has 170 valence electrons. The van der Waals surface area contributed by atoms with Crippen molar-refractivity contribution in [3.63, 3.8) is 0 Å². The van der Waals surface area contributed by atoms with Gasteiger partial charge in [0.25, 0.3) is 11.6 Å². The Kier molecular flexibility index (Phi) is 7.61. The maximum absolute atomic E-state index is 13.0. The van der Waals surface area contributed by atoms with Crippen molar-refractivity contribution >= 4 is 17.5 Å². The van der Waals surface area contributed by atoms with Gasteiger partial charge in [-0.25, -0.2) is 0 Å². The Labute approximate surface area is 182 Å². The first-order valence-electron chi connectivity index (χ1n) is 10.9. The highest BCUT2D eigenvalue weighted by Crippen LogP contribution is 2.24. The number of morpholine rings is 1. The number of carbonyl (C=O) groups is 2. The molecule has 2 unspecified atom stereocenters. The second-order valence-electron chi connectivity index (χ2n) is 8.62. The van der Waals surface area contributed by atoms with E-state index in [0.29, 0.717) is 49.8 Å². The first-order chi connectivity index (χ1) is 14.8. The molecule has 2 aliphatic heterocycles. The van der Waals surface area contributed by atoms with Gasteiger partial charge in [-0.1, -0.05) is 13.8 Å². The predicted octanol–water partition coefficient (Wildman–Crippen LogP) is 1.98. The van der Waals surface area contributed by atoms with E-state index < -0.39 is 11.0 Å². The molecule has 2 aliphatic rings. The molecule has 0 radical (unpaired) electrons. The number of benzene rings is 1. The minimum atomic E-state index is -0.513. The molecular weight excluding hydrogens is 400 g/mol. The third kappa shape index (κ3) is 5.40. The summed E-state index contributed by atoms with van der Waals surface area (Å²) < 4.78 is 5.44. The molecule has 0 aromatic heterocycles. The minimum Gasteiger partial charge on any atom is -0.379 e. The molecule has 0 spiro atoms. The number of amides is 2. The van der Waals surface area contributed by atoms with Crippen LogP contribution in [0, 0.1) is 23.0 Å². The van der Waals surface area contributed by atoms with Crippen LogP contribution in [0.25, 0.3) is 0 Å². The molecule has 9 nitrogen and oxygen atoms in total. The van der Waals surface area contributed by atoms with Crippen molar-refractivity contribution in [2.24, 2.45) is 5.92 Å². The summed E-state index contributed by atoms with van der Waals surface area (Å²) in [5, 5.41) is 14.1. The zero-order valence-corrected chi connectivity index (χ0v) is 18.5. The largest absolute Gasteiger partial charge is 0.379 e. The SMILES string of the molecule is Cc1cc(C(=O)N2CCCC2C(=O)NCC(C(C)C)N2CCOCC2)ccc1[N+](=O)[O-]. The predicted molar refractivity (Wildman–Crippen MR) is 116 cm³/mol.